The molecule has 0 radical (unpaired) electrons. The molecule has 1 aromatic rings. The summed E-state index contributed by atoms with van der Waals surface area (Å²) in [6.45, 7) is 2.76. The summed E-state index contributed by atoms with van der Waals surface area (Å²) in [5.41, 5.74) is 0.559. The van der Waals surface area contributed by atoms with Gasteiger partial charge in [-0.2, -0.15) is 0 Å². The molecule has 0 unspecified atom stereocenters. The van der Waals surface area contributed by atoms with Crippen molar-refractivity contribution in [3.05, 3.63) is 28.5 Å². The van der Waals surface area contributed by atoms with Crippen LogP contribution in [0.15, 0.2) is 22.9 Å². The molecule has 2 rings (SSSR count). The Morgan fingerprint density at radius 2 is 2.24 bits per heavy atom. The highest BCUT2D eigenvalue weighted by Crippen LogP contribution is 2.20. The minimum Gasteiger partial charge on any atom is -0.338 e. The average Bonchev–Trinajstić information content (AvgIpc) is 2.77. The second kappa shape index (κ2) is 4.96. The fourth-order valence-corrected chi connectivity index (χ4v) is 2.35. The molecule has 1 aliphatic heterocycles. The lowest BCUT2D eigenvalue weighted by atomic mass is 10.1. The third kappa shape index (κ3) is 2.72. The molecule has 0 spiro atoms. The first kappa shape index (κ1) is 12.2. The van der Waals surface area contributed by atoms with Crippen LogP contribution < -0.4 is 0 Å². The topological polar surface area (TPSA) is 50.3 Å². The van der Waals surface area contributed by atoms with E-state index in [1.807, 2.05) is 0 Å². The largest absolute Gasteiger partial charge is 0.338 e. The summed E-state index contributed by atoms with van der Waals surface area (Å²) < 4.78 is 0.783. The third-order valence-corrected chi connectivity index (χ3v) is 3.44. The molecule has 17 heavy (non-hydrogen) atoms. The standard InChI is InChI=1S/C12H13BrN2O2/c1-8(16)9-2-3-15(7-9)12(17)10-4-11(13)6-14-5-10/h4-6,9H,2-3,7H2,1H3/t9-/m0/s1. The van der Waals surface area contributed by atoms with Gasteiger partial charge in [0.05, 0.1) is 5.56 Å². The van der Waals surface area contributed by atoms with Gasteiger partial charge in [-0.15, -0.1) is 0 Å². The lowest BCUT2D eigenvalue weighted by Gasteiger charge is -2.15. The van der Waals surface area contributed by atoms with Crippen molar-refractivity contribution in [3.63, 3.8) is 0 Å². The Balaban J connectivity index is 2.09. The summed E-state index contributed by atoms with van der Waals surface area (Å²) in [6, 6.07) is 1.75. The molecule has 4 nitrogen and oxygen atoms in total. The van der Waals surface area contributed by atoms with Crippen molar-refractivity contribution in [1.29, 1.82) is 0 Å². The number of likely N-dealkylation sites (tertiary alicyclic amines) is 1. The van der Waals surface area contributed by atoms with Crippen LogP contribution in [0.3, 0.4) is 0 Å². The number of pyridine rings is 1. The first-order valence-corrected chi connectivity index (χ1v) is 6.27. The normalized spacial score (nSPS) is 19.4. The van der Waals surface area contributed by atoms with Crippen molar-refractivity contribution >= 4 is 27.6 Å². The van der Waals surface area contributed by atoms with Gasteiger partial charge < -0.3 is 4.90 Å². The van der Waals surface area contributed by atoms with E-state index >= 15 is 0 Å². The third-order valence-electron chi connectivity index (χ3n) is 3.00. The first-order valence-electron chi connectivity index (χ1n) is 5.48. The molecular formula is C12H13BrN2O2. The Kier molecular flexibility index (Phi) is 3.57. The van der Waals surface area contributed by atoms with E-state index in [1.165, 1.54) is 0 Å². The zero-order chi connectivity index (χ0) is 12.4. The summed E-state index contributed by atoms with van der Waals surface area (Å²) in [7, 11) is 0. The first-order chi connectivity index (χ1) is 8.08. The molecule has 5 heteroatoms. The van der Waals surface area contributed by atoms with E-state index in [-0.39, 0.29) is 17.6 Å². The maximum atomic E-state index is 12.1. The van der Waals surface area contributed by atoms with Crippen molar-refractivity contribution in [3.8, 4) is 0 Å². The molecule has 1 atom stereocenters. The van der Waals surface area contributed by atoms with Gasteiger partial charge in [-0.25, -0.2) is 0 Å². The Morgan fingerprint density at radius 1 is 1.47 bits per heavy atom. The number of nitrogens with zero attached hydrogens (tertiary/aromatic N) is 2. The predicted octanol–water partition coefficient (Wildman–Crippen LogP) is 1.90. The average molecular weight is 297 g/mol. The minimum atomic E-state index is -0.0532. The van der Waals surface area contributed by atoms with Crippen molar-refractivity contribution in [1.82, 2.24) is 9.88 Å². The van der Waals surface area contributed by atoms with Crippen molar-refractivity contribution < 1.29 is 9.59 Å². The summed E-state index contributed by atoms with van der Waals surface area (Å²) in [5.74, 6) is 0.106. The Hall–Kier alpha value is -1.23. The number of hydrogen-bond donors (Lipinski definition) is 0. The van der Waals surface area contributed by atoms with Gasteiger partial charge in [-0.1, -0.05) is 0 Å². The molecule has 0 N–H and O–H groups in total. The molecule has 90 valence electrons. The van der Waals surface area contributed by atoms with Gasteiger partial charge in [0.25, 0.3) is 5.91 Å². The Morgan fingerprint density at radius 3 is 2.82 bits per heavy atom. The molecule has 0 aromatic carbocycles. The van der Waals surface area contributed by atoms with Crippen LogP contribution in [0.5, 0.6) is 0 Å². The number of ketones is 1. The van der Waals surface area contributed by atoms with Crippen molar-refractivity contribution in [2.45, 2.75) is 13.3 Å². The number of aromatic nitrogens is 1. The van der Waals surface area contributed by atoms with Crippen molar-refractivity contribution in [2.75, 3.05) is 13.1 Å². The van der Waals surface area contributed by atoms with Gasteiger partial charge in [0.1, 0.15) is 5.78 Å². The predicted molar refractivity (Wildman–Crippen MR) is 66.6 cm³/mol. The fraction of sp³-hybridized carbons (Fsp3) is 0.417. The van der Waals surface area contributed by atoms with E-state index < -0.39 is 0 Å². The maximum Gasteiger partial charge on any atom is 0.255 e. The van der Waals surface area contributed by atoms with E-state index in [1.54, 1.807) is 30.3 Å². The van der Waals surface area contributed by atoms with Gasteiger partial charge in [0, 0.05) is 35.9 Å². The van der Waals surface area contributed by atoms with E-state index in [0.29, 0.717) is 18.7 Å². The van der Waals surface area contributed by atoms with Crippen LogP contribution in [0.2, 0.25) is 0 Å². The number of Topliss-reactive ketones (excluding diaryl/α,β-unsaturated/α-hetero) is 1. The number of rotatable bonds is 2. The monoisotopic (exact) mass is 296 g/mol. The van der Waals surface area contributed by atoms with E-state index in [9.17, 15) is 9.59 Å². The zero-order valence-corrected chi connectivity index (χ0v) is 11.1. The van der Waals surface area contributed by atoms with Gasteiger partial charge in [-0.3, -0.25) is 14.6 Å². The highest BCUT2D eigenvalue weighted by molar-refractivity contribution is 9.10. The maximum absolute atomic E-state index is 12.1. The van der Waals surface area contributed by atoms with Gasteiger partial charge in [-0.05, 0) is 35.3 Å². The highest BCUT2D eigenvalue weighted by atomic mass is 79.9. The van der Waals surface area contributed by atoms with Gasteiger partial charge >= 0.3 is 0 Å². The Bertz CT molecular complexity index is 462. The lowest BCUT2D eigenvalue weighted by Crippen LogP contribution is -2.29. The molecule has 1 fully saturated rings. The second-order valence-corrected chi connectivity index (χ2v) is 5.15. The summed E-state index contributed by atoms with van der Waals surface area (Å²) in [4.78, 5) is 29.1. The van der Waals surface area contributed by atoms with E-state index in [4.69, 9.17) is 0 Å². The molecule has 1 saturated heterocycles. The van der Waals surface area contributed by atoms with E-state index in [2.05, 4.69) is 20.9 Å². The van der Waals surface area contributed by atoms with Gasteiger partial charge in [0.2, 0.25) is 0 Å². The van der Waals surface area contributed by atoms with Crippen LogP contribution in [0.25, 0.3) is 0 Å². The van der Waals surface area contributed by atoms with Crippen LogP contribution in [0.1, 0.15) is 23.7 Å². The van der Waals surface area contributed by atoms with Crippen LogP contribution in [-0.2, 0) is 4.79 Å². The van der Waals surface area contributed by atoms with E-state index in [0.717, 1.165) is 10.9 Å². The molecular weight excluding hydrogens is 284 g/mol. The van der Waals surface area contributed by atoms with Crippen LogP contribution >= 0.6 is 15.9 Å². The number of halogens is 1. The molecule has 2 heterocycles. The Labute approximate surface area is 108 Å². The number of amides is 1. The molecule has 1 amide bonds. The van der Waals surface area contributed by atoms with Crippen LogP contribution in [0, 0.1) is 5.92 Å². The van der Waals surface area contributed by atoms with Crippen LogP contribution in [-0.4, -0.2) is 34.7 Å². The van der Waals surface area contributed by atoms with Crippen molar-refractivity contribution in [2.24, 2.45) is 5.92 Å². The number of carbonyl (C=O) groups excluding carboxylic acids is 2. The fourth-order valence-electron chi connectivity index (χ4n) is 1.99. The summed E-state index contributed by atoms with van der Waals surface area (Å²) in [5, 5.41) is 0. The molecule has 0 bridgehead atoms. The highest BCUT2D eigenvalue weighted by Gasteiger charge is 2.29. The molecule has 1 aliphatic rings. The SMILES string of the molecule is CC(=O)[C@H]1CCN(C(=O)c2cncc(Br)c2)C1. The van der Waals surface area contributed by atoms with Crippen LogP contribution in [0.4, 0.5) is 0 Å². The summed E-state index contributed by atoms with van der Waals surface area (Å²) in [6.07, 6.45) is 3.95. The van der Waals surface area contributed by atoms with Gasteiger partial charge in [0.15, 0.2) is 0 Å². The molecule has 0 aliphatic carbocycles. The number of hydrogen-bond acceptors (Lipinski definition) is 3. The smallest absolute Gasteiger partial charge is 0.255 e. The minimum absolute atomic E-state index is 0.000868. The second-order valence-electron chi connectivity index (χ2n) is 4.24. The summed E-state index contributed by atoms with van der Waals surface area (Å²) >= 11 is 3.29. The molecule has 1 aromatic heterocycles. The lowest BCUT2D eigenvalue weighted by molar-refractivity contribution is -0.120. The quantitative estimate of drug-likeness (QED) is 0.837. The zero-order valence-electron chi connectivity index (χ0n) is 9.52. The molecule has 0 saturated carbocycles. The number of carbonyl (C=O) groups is 2.